The van der Waals surface area contributed by atoms with Crippen molar-refractivity contribution in [2.24, 2.45) is 0 Å². The molecule has 0 amide bonds. The zero-order valence-corrected chi connectivity index (χ0v) is 12.3. The summed E-state index contributed by atoms with van der Waals surface area (Å²) in [5.74, 6) is 0.450. The van der Waals surface area contributed by atoms with Crippen LogP contribution in [0.15, 0.2) is 60.7 Å². The van der Waals surface area contributed by atoms with E-state index in [1.54, 1.807) is 0 Å². The fourth-order valence-corrected chi connectivity index (χ4v) is 3.25. The van der Waals surface area contributed by atoms with Gasteiger partial charge in [0.05, 0.1) is 12.2 Å². The molecular weight excluding hydrogens is 300 g/mol. The summed E-state index contributed by atoms with van der Waals surface area (Å²) in [5, 5.41) is 0.902. The number of benzene rings is 2. The first-order chi connectivity index (χ1) is 9.38. The molecule has 1 nitrogen and oxygen atoms in total. The highest BCUT2D eigenvalue weighted by Crippen LogP contribution is 2.44. The molecule has 2 heteroatoms. The lowest BCUT2D eigenvalue weighted by Gasteiger charge is -2.19. The van der Waals surface area contributed by atoms with Crippen LogP contribution in [0, 0.1) is 0 Å². The molecule has 1 heterocycles. The van der Waals surface area contributed by atoms with Crippen LogP contribution < -0.4 is 0 Å². The summed E-state index contributed by atoms with van der Waals surface area (Å²) in [6.07, 6.45) is 1.55. The average Bonchev–Trinajstić information content (AvgIpc) is 2.93. The summed E-state index contributed by atoms with van der Waals surface area (Å²) in [6.45, 7) is 0. The van der Waals surface area contributed by atoms with Gasteiger partial charge in [0, 0.05) is 11.2 Å². The van der Waals surface area contributed by atoms with Crippen LogP contribution in [0.3, 0.4) is 0 Å². The first kappa shape index (κ1) is 12.9. The molecule has 1 aliphatic heterocycles. The van der Waals surface area contributed by atoms with Crippen molar-refractivity contribution in [3.63, 3.8) is 0 Å². The number of hydrogen-bond donors (Lipinski definition) is 0. The van der Waals surface area contributed by atoms with Crippen molar-refractivity contribution >= 4 is 15.9 Å². The summed E-state index contributed by atoms with van der Waals surface area (Å²) in [7, 11) is 0. The Balaban J connectivity index is 1.92. The Kier molecular flexibility index (Phi) is 4.00. The van der Waals surface area contributed by atoms with Gasteiger partial charge in [0.15, 0.2) is 0 Å². The predicted molar refractivity (Wildman–Crippen MR) is 81.7 cm³/mol. The molecule has 1 fully saturated rings. The standard InChI is InChI=1S/C17H17BrO/c18-12-15-11-16(13-7-3-1-4-8-13)17(19-15)14-9-5-2-6-10-14/h1-10,15-17H,11-12H2/t15-,16+,17-/m0/s1. The summed E-state index contributed by atoms with van der Waals surface area (Å²) in [4.78, 5) is 0. The van der Waals surface area contributed by atoms with Crippen LogP contribution in [-0.2, 0) is 4.74 Å². The molecule has 0 bridgehead atoms. The molecule has 0 N–H and O–H groups in total. The van der Waals surface area contributed by atoms with Gasteiger partial charge in [0.2, 0.25) is 0 Å². The summed E-state index contributed by atoms with van der Waals surface area (Å²) < 4.78 is 6.22. The molecule has 0 radical (unpaired) electrons. The number of rotatable bonds is 3. The number of alkyl halides is 1. The van der Waals surface area contributed by atoms with Gasteiger partial charge in [-0.2, -0.15) is 0 Å². The topological polar surface area (TPSA) is 9.23 Å². The Labute approximate surface area is 122 Å². The van der Waals surface area contributed by atoms with E-state index in [1.165, 1.54) is 11.1 Å². The van der Waals surface area contributed by atoms with Crippen LogP contribution in [0.25, 0.3) is 0 Å². The SMILES string of the molecule is BrC[C@@H]1C[C@H](c2ccccc2)[C@H](c2ccccc2)O1. The van der Waals surface area contributed by atoms with Crippen molar-refractivity contribution in [3.8, 4) is 0 Å². The van der Waals surface area contributed by atoms with Crippen molar-refractivity contribution in [3.05, 3.63) is 71.8 Å². The molecule has 19 heavy (non-hydrogen) atoms. The Bertz CT molecular complexity index is 464. The molecule has 0 saturated carbocycles. The van der Waals surface area contributed by atoms with E-state index in [-0.39, 0.29) is 6.10 Å². The third-order valence-corrected chi connectivity index (χ3v) is 4.47. The monoisotopic (exact) mass is 316 g/mol. The van der Waals surface area contributed by atoms with Crippen molar-refractivity contribution in [1.82, 2.24) is 0 Å². The van der Waals surface area contributed by atoms with E-state index in [0.717, 1.165) is 11.8 Å². The van der Waals surface area contributed by atoms with Gasteiger partial charge < -0.3 is 4.74 Å². The zero-order chi connectivity index (χ0) is 13.1. The van der Waals surface area contributed by atoms with Gasteiger partial charge in [-0.3, -0.25) is 0 Å². The molecule has 2 aromatic rings. The highest BCUT2D eigenvalue weighted by molar-refractivity contribution is 9.09. The maximum atomic E-state index is 6.22. The van der Waals surface area contributed by atoms with Gasteiger partial charge >= 0.3 is 0 Å². The van der Waals surface area contributed by atoms with Crippen molar-refractivity contribution in [2.75, 3.05) is 5.33 Å². The van der Waals surface area contributed by atoms with Crippen LogP contribution in [0.5, 0.6) is 0 Å². The van der Waals surface area contributed by atoms with Crippen LogP contribution in [0.4, 0.5) is 0 Å². The first-order valence-electron chi connectivity index (χ1n) is 6.70. The molecule has 1 saturated heterocycles. The predicted octanol–water partition coefficient (Wildman–Crippen LogP) is 4.70. The molecule has 2 aromatic carbocycles. The number of ether oxygens (including phenoxy) is 1. The van der Waals surface area contributed by atoms with Crippen molar-refractivity contribution < 1.29 is 4.74 Å². The second-order valence-electron chi connectivity index (χ2n) is 5.00. The Hall–Kier alpha value is -1.12. The van der Waals surface area contributed by atoms with Crippen LogP contribution >= 0.6 is 15.9 Å². The fourth-order valence-electron chi connectivity index (χ4n) is 2.83. The van der Waals surface area contributed by atoms with Gasteiger partial charge in [-0.1, -0.05) is 76.6 Å². The summed E-state index contributed by atoms with van der Waals surface area (Å²) in [5.41, 5.74) is 2.65. The van der Waals surface area contributed by atoms with E-state index in [2.05, 4.69) is 76.6 Å². The van der Waals surface area contributed by atoms with E-state index < -0.39 is 0 Å². The second kappa shape index (κ2) is 5.89. The summed E-state index contributed by atoms with van der Waals surface area (Å²) >= 11 is 3.55. The first-order valence-corrected chi connectivity index (χ1v) is 7.82. The normalized spacial score (nSPS) is 26.5. The van der Waals surface area contributed by atoms with Crippen molar-refractivity contribution in [2.45, 2.75) is 24.5 Å². The second-order valence-corrected chi connectivity index (χ2v) is 5.64. The minimum absolute atomic E-state index is 0.172. The Morgan fingerprint density at radius 3 is 2.05 bits per heavy atom. The van der Waals surface area contributed by atoms with E-state index in [0.29, 0.717) is 12.0 Å². The third-order valence-electron chi connectivity index (χ3n) is 3.75. The van der Waals surface area contributed by atoms with E-state index in [9.17, 15) is 0 Å². The largest absolute Gasteiger partial charge is 0.369 e. The minimum Gasteiger partial charge on any atom is -0.369 e. The molecule has 0 aliphatic carbocycles. The molecule has 1 aliphatic rings. The number of halogens is 1. The maximum absolute atomic E-state index is 6.22. The maximum Gasteiger partial charge on any atom is 0.0898 e. The van der Waals surface area contributed by atoms with Crippen LogP contribution in [0.1, 0.15) is 29.6 Å². The lowest BCUT2D eigenvalue weighted by Crippen LogP contribution is -2.07. The lowest BCUT2D eigenvalue weighted by molar-refractivity contribution is 0.0542. The number of hydrogen-bond acceptors (Lipinski definition) is 1. The van der Waals surface area contributed by atoms with Crippen LogP contribution in [0.2, 0.25) is 0 Å². The molecule has 98 valence electrons. The fraction of sp³-hybridized carbons (Fsp3) is 0.294. The molecule has 0 unspecified atom stereocenters. The average molecular weight is 317 g/mol. The van der Waals surface area contributed by atoms with E-state index in [4.69, 9.17) is 4.74 Å². The zero-order valence-electron chi connectivity index (χ0n) is 10.7. The molecule has 3 atom stereocenters. The summed E-state index contributed by atoms with van der Waals surface area (Å²) in [6, 6.07) is 21.3. The lowest BCUT2D eigenvalue weighted by atomic mass is 9.88. The van der Waals surface area contributed by atoms with Gasteiger partial charge in [0.25, 0.3) is 0 Å². The van der Waals surface area contributed by atoms with Gasteiger partial charge in [-0.25, -0.2) is 0 Å². The molecule has 0 aromatic heterocycles. The quantitative estimate of drug-likeness (QED) is 0.746. The van der Waals surface area contributed by atoms with Crippen molar-refractivity contribution in [1.29, 1.82) is 0 Å². The van der Waals surface area contributed by atoms with E-state index in [1.807, 2.05) is 0 Å². The smallest absolute Gasteiger partial charge is 0.0898 e. The third kappa shape index (κ3) is 2.75. The van der Waals surface area contributed by atoms with E-state index >= 15 is 0 Å². The molecule has 0 spiro atoms. The molecular formula is C17H17BrO. The highest BCUT2D eigenvalue weighted by Gasteiger charge is 2.36. The highest BCUT2D eigenvalue weighted by atomic mass is 79.9. The molecule has 3 rings (SSSR count). The van der Waals surface area contributed by atoms with Gasteiger partial charge in [-0.15, -0.1) is 0 Å². The Morgan fingerprint density at radius 2 is 1.47 bits per heavy atom. The van der Waals surface area contributed by atoms with Gasteiger partial charge in [0.1, 0.15) is 0 Å². The van der Waals surface area contributed by atoms with Crippen LogP contribution in [-0.4, -0.2) is 11.4 Å². The Morgan fingerprint density at radius 1 is 0.895 bits per heavy atom. The minimum atomic E-state index is 0.172. The van der Waals surface area contributed by atoms with Gasteiger partial charge in [-0.05, 0) is 17.5 Å².